The van der Waals surface area contributed by atoms with Crippen LogP contribution >= 0.6 is 0 Å². The van der Waals surface area contributed by atoms with E-state index in [-0.39, 0.29) is 5.56 Å². The number of aromatic amines is 2. The lowest BCUT2D eigenvalue weighted by atomic mass is 10.2. The fourth-order valence-corrected chi connectivity index (χ4v) is 1.86. The highest BCUT2D eigenvalue weighted by molar-refractivity contribution is 5.77. The second-order valence-corrected chi connectivity index (χ2v) is 4.46. The minimum absolute atomic E-state index is 0.153. The highest BCUT2D eigenvalue weighted by Crippen LogP contribution is 2.19. The van der Waals surface area contributed by atoms with Gasteiger partial charge in [0.15, 0.2) is 5.65 Å². The number of nitrogens with zero attached hydrogens (tertiary/aromatic N) is 3. The van der Waals surface area contributed by atoms with E-state index in [2.05, 4.69) is 19.9 Å². The summed E-state index contributed by atoms with van der Waals surface area (Å²) in [5, 5.41) is 0. The Balaban J connectivity index is 2.14. The summed E-state index contributed by atoms with van der Waals surface area (Å²) in [6.45, 7) is 0. The molecule has 0 radical (unpaired) electrons. The fraction of sp³-hybridized carbons (Fsp3) is 0.154. The molecule has 0 aliphatic carbocycles. The Labute approximate surface area is 109 Å². The van der Waals surface area contributed by atoms with Crippen LogP contribution in [0.4, 0.5) is 5.82 Å². The average molecular weight is 255 g/mol. The van der Waals surface area contributed by atoms with E-state index in [4.69, 9.17) is 0 Å². The zero-order chi connectivity index (χ0) is 13.4. The van der Waals surface area contributed by atoms with Crippen molar-refractivity contribution in [3.05, 3.63) is 40.8 Å². The average Bonchev–Trinajstić information content (AvgIpc) is 2.81. The van der Waals surface area contributed by atoms with Crippen LogP contribution in [0.2, 0.25) is 0 Å². The first kappa shape index (κ1) is 11.5. The van der Waals surface area contributed by atoms with E-state index in [0.29, 0.717) is 11.5 Å². The van der Waals surface area contributed by atoms with E-state index in [9.17, 15) is 4.79 Å². The summed E-state index contributed by atoms with van der Waals surface area (Å²) in [4.78, 5) is 27.8. The molecule has 0 unspecified atom stereocenters. The monoisotopic (exact) mass is 255 g/mol. The summed E-state index contributed by atoms with van der Waals surface area (Å²) >= 11 is 0. The first-order chi connectivity index (χ1) is 9.13. The number of anilines is 1. The molecule has 2 N–H and O–H groups in total. The maximum atomic E-state index is 11.3. The van der Waals surface area contributed by atoms with Gasteiger partial charge in [-0.2, -0.15) is 0 Å². The summed E-state index contributed by atoms with van der Waals surface area (Å²) in [5.41, 5.74) is 2.08. The van der Waals surface area contributed by atoms with Crippen LogP contribution < -0.4 is 10.5 Å². The van der Waals surface area contributed by atoms with Crippen molar-refractivity contribution in [1.82, 2.24) is 19.9 Å². The van der Waals surface area contributed by atoms with Gasteiger partial charge in [-0.05, 0) is 18.2 Å². The molecule has 0 saturated carbocycles. The summed E-state index contributed by atoms with van der Waals surface area (Å²) in [5.74, 6) is 1.49. The molecule has 0 fully saturated rings. The largest absolute Gasteiger partial charge is 0.363 e. The van der Waals surface area contributed by atoms with Gasteiger partial charge in [0.25, 0.3) is 0 Å². The molecule has 0 amide bonds. The highest BCUT2D eigenvalue weighted by Gasteiger charge is 2.08. The van der Waals surface area contributed by atoms with E-state index in [1.54, 1.807) is 12.3 Å². The lowest BCUT2D eigenvalue weighted by Crippen LogP contribution is -2.10. The fourth-order valence-electron chi connectivity index (χ4n) is 1.86. The molecule has 6 nitrogen and oxygen atoms in total. The van der Waals surface area contributed by atoms with E-state index in [0.717, 1.165) is 16.9 Å². The van der Waals surface area contributed by atoms with Gasteiger partial charge in [0.1, 0.15) is 11.6 Å². The maximum Gasteiger partial charge on any atom is 0.248 e. The number of hydrogen-bond acceptors (Lipinski definition) is 4. The number of nitrogens with one attached hydrogen (secondary N) is 2. The smallest absolute Gasteiger partial charge is 0.248 e. The lowest BCUT2D eigenvalue weighted by Gasteiger charge is -2.09. The number of H-pyrrole nitrogens is 2. The molecule has 3 rings (SSSR count). The third-order valence-corrected chi connectivity index (χ3v) is 2.84. The summed E-state index contributed by atoms with van der Waals surface area (Å²) < 4.78 is 0. The second-order valence-electron chi connectivity index (χ2n) is 4.46. The van der Waals surface area contributed by atoms with Crippen LogP contribution in [0.1, 0.15) is 0 Å². The number of imidazole rings is 1. The minimum Gasteiger partial charge on any atom is -0.363 e. The Morgan fingerprint density at radius 1 is 1.16 bits per heavy atom. The first-order valence-corrected chi connectivity index (χ1v) is 5.87. The van der Waals surface area contributed by atoms with E-state index in [1.807, 2.05) is 31.1 Å². The van der Waals surface area contributed by atoms with Crippen LogP contribution in [0.3, 0.4) is 0 Å². The van der Waals surface area contributed by atoms with Crippen LogP contribution in [0.5, 0.6) is 0 Å². The topological polar surface area (TPSA) is 77.7 Å². The first-order valence-electron chi connectivity index (χ1n) is 5.87. The normalized spacial score (nSPS) is 10.8. The van der Waals surface area contributed by atoms with Crippen LogP contribution in [0.15, 0.2) is 35.3 Å². The summed E-state index contributed by atoms with van der Waals surface area (Å²) in [6, 6.07) is 7.15. The number of rotatable bonds is 2. The van der Waals surface area contributed by atoms with Crippen molar-refractivity contribution in [3.63, 3.8) is 0 Å². The van der Waals surface area contributed by atoms with Gasteiger partial charge in [0, 0.05) is 31.9 Å². The molecule has 0 aromatic carbocycles. The molecule has 0 atom stereocenters. The van der Waals surface area contributed by atoms with E-state index >= 15 is 0 Å². The molecule has 3 heterocycles. The molecule has 96 valence electrons. The minimum atomic E-state index is -0.153. The number of fused-ring (bicyclic) bond motifs is 1. The van der Waals surface area contributed by atoms with Crippen molar-refractivity contribution in [2.45, 2.75) is 0 Å². The molecule has 0 aliphatic heterocycles. The van der Waals surface area contributed by atoms with E-state index in [1.165, 1.54) is 6.07 Å². The van der Waals surface area contributed by atoms with Gasteiger partial charge in [0.05, 0.1) is 5.52 Å². The highest BCUT2D eigenvalue weighted by atomic mass is 16.1. The van der Waals surface area contributed by atoms with Crippen molar-refractivity contribution >= 4 is 17.0 Å². The van der Waals surface area contributed by atoms with Gasteiger partial charge in [-0.25, -0.2) is 9.97 Å². The third kappa shape index (κ3) is 2.08. The zero-order valence-electron chi connectivity index (χ0n) is 10.6. The maximum absolute atomic E-state index is 11.3. The summed E-state index contributed by atoms with van der Waals surface area (Å²) in [6.07, 6.45) is 1.60. The molecule has 0 aliphatic rings. The van der Waals surface area contributed by atoms with Crippen molar-refractivity contribution in [2.75, 3.05) is 19.0 Å². The van der Waals surface area contributed by atoms with Crippen molar-refractivity contribution in [1.29, 1.82) is 0 Å². The molecule has 19 heavy (non-hydrogen) atoms. The van der Waals surface area contributed by atoms with Crippen LogP contribution in [-0.4, -0.2) is 34.0 Å². The van der Waals surface area contributed by atoms with Crippen molar-refractivity contribution in [3.8, 4) is 11.4 Å². The number of aromatic nitrogens is 4. The van der Waals surface area contributed by atoms with Crippen molar-refractivity contribution < 1.29 is 0 Å². The Morgan fingerprint density at radius 3 is 2.74 bits per heavy atom. The molecule has 0 spiro atoms. The van der Waals surface area contributed by atoms with Gasteiger partial charge >= 0.3 is 0 Å². The lowest BCUT2D eigenvalue weighted by molar-refractivity contribution is 1.08. The molecule has 3 aromatic heterocycles. The van der Waals surface area contributed by atoms with Gasteiger partial charge in [0.2, 0.25) is 5.56 Å². The number of hydrogen-bond donors (Lipinski definition) is 2. The van der Waals surface area contributed by atoms with E-state index < -0.39 is 0 Å². The van der Waals surface area contributed by atoms with Gasteiger partial charge in [-0.3, -0.25) is 4.79 Å². The molecule has 6 heteroatoms. The third-order valence-electron chi connectivity index (χ3n) is 2.84. The predicted molar refractivity (Wildman–Crippen MR) is 74.3 cm³/mol. The van der Waals surface area contributed by atoms with Crippen LogP contribution in [-0.2, 0) is 0 Å². The quantitative estimate of drug-likeness (QED) is 0.725. The molecule has 3 aromatic rings. The standard InChI is InChI=1S/C13H13N5O/c1-18(2)10-4-3-9-13(16-10)17-12(15-9)8-5-6-14-11(19)7-8/h3-7H,1-2H3,(H,14,19)(H,15,16,17). The van der Waals surface area contributed by atoms with Gasteiger partial charge < -0.3 is 14.9 Å². The van der Waals surface area contributed by atoms with Gasteiger partial charge in [-0.1, -0.05) is 0 Å². The SMILES string of the molecule is CN(C)c1ccc2[nH]c(-c3cc[nH]c(=O)c3)nc2n1. The molecule has 0 bridgehead atoms. The molecule has 0 saturated heterocycles. The Bertz CT molecular complexity index is 787. The van der Waals surface area contributed by atoms with Gasteiger partial charge in [-0.15, -0.1) is 0 Å². The molecular formula is C13H13N5O. The van der Waals surface area contributed by atoms with Crippen molar-refractivity contribution in [2.24, 2.45) is 0 Å². The Hall–Kier alpha value is -2.63. The predicted octanol–water partition coefficient (Wildman–Crippen LogP) is 1.38. The van der Waals surface area contributed by atoms with Crippen LogP contribution in [0, 0.1) is 0 Å². The second kappa shape index (κ2) is 4.24. The van der Waals surface area contributed by atoms with Crippen LogP contribution in [0.25, 0.3) is 22.6 Å². The summed E-state index contributed by atoms with van der Waals surface area (Å²) in [7, 11) is 3.86. The Kier molecular flexibility index (Phi) is 2.56. The molecular weight excluding hydrogens is 242 g/mol. The zero-order valence-corrected chi connectivity index (χ0v) is 10.6. The number of pyridine rings is 2. The Morgan fingerprint density at radius 2 is 2.00 bits per heavy atom.